The minimum atomic E-state index is -0.347. The van der Waals surface area contributed by atoms with Crippen LogP contribution in [0.5, 0.6) is 0 Å². The monoisotopic (exact) mass is 177 g/mol. The first-order chi connectivity index (χ1) is 6.33. The Hall–Kier alpha value is -1.60. The molecule has 1 aromatic heterocycles. The molecule has 2 N–H and O–H groups in total. The molecule has 0 atom stereocenters. The summed E-state index contributed by atoms with van der Waals surface area (Å²) >= 11 is 0. The van der Waals surface area contributed by atoms with Crippen LogP contribution in [0.2, 0.25) is 0 Å². The Bertz CT molecular complexity index is 352. The molecule has 0 aromatic carbocycles. The molecule has 0 bridgehead atoms. The molecule has 0 unspecified atom stereocenters. The predicted molar refractivity (Wildman–Crippen MR) is 50.3 cm³/mol. The number of nitrogens with one attached hydrogen (secondary N) is 2. The quantitative estimate of drug-likeness (QED) is 0.483. The van der Waals surface area contributed by atoms with E-state index in [2.05, 4.69) is 27.1 Å². The van der Waals surface area contributed by atoms with Gasteiger partial charge in [0.15, 0.2) is 0 Å². The van der Waals surface area contributed by atoms with E-state index in [-0.39, 0.29) is 5.69 Å². The topological polar surface area (TPSA) is 57.8 Å². The maximum Gasteiger partial charge on any atom is 0.344 e. The smallest absolute Gasteiger partial charge is 0.319 e. The Morgan fingerprint density at radius 3 is 3.15 bits per heavy atom. The second-order valence-electron chi connectivity index (χ2n) is 2.46. The maximum atomic E-state index is 10.6. The summed E-state index contributed by atoms with van der Waals surface area (Å²) in [6, 6.07) is 0. The zero-order valence-electron chi connectivity index (χ0n) is 7.42. The van der Waals surface area contributed by atoms with Crippen LogP contribution in [0.15, 0.2) is 17.2 Å². The highest BCUT2D eigenvalue weighted by atomic mass is 16.1. The largest absolute Gasteiger partial charge is 0.344 e. The zero-order chi connectivity index (χ0) is 9.52. The normalized spacial score (nSPS) is 9.00. The van der Waals surface area contributed by atoms with E-state index in [1.54, 1.807) is 6.20 Å². The molecular formula is C9H11N3O. The van der Waals surface area contributed by atoms with Crippen molar-refractivity contribution in [2.45, 2.75) is 6.42 Å². The average Bonchev–Trinajstić information content (AvgIpc) is 2.15. The van der Waals surface area contributed by atoms with E-state index in [9.17, 15) is 4.79 Å². The standard InChI is InChI=1S/C9H11N3O/c1-10-5-3-2-4-8-6-11-9(13)12-7-8/h6-7,10H,3,5H2,1H3,(H,11,12,13). The van der Waals surface area contributed by atoms with Crippen molar-refractivity contribution in [2.24, 2.45) is 0 Å². The van der Waals surface area contributed by atoms with Gasteiger partial charge >= 0.3 is 5.69 Å². The van der Waals surface area contributed by atoms with Gasteiger partial charge in [0.1, 0.15) is 0 Å². The molecular weight excluding hydrogens is 166 g/mol. The third-order valence-corrected chi connectivity index (χ3v) is 1.40. The van der Waals surface area contributed by atoms with E-state index in [0.29, 0.717) is 0 Å². The molecule has 1 aromatic rings. The molecule has 13 heavy (non-hydrogen) atoms. The van der Waals surface area contributed by atoms with Gasteiger partial charge in [-0.1, -0.05) is 11.8 Å². The summed E-state index contributed by atoms with van der Waals surface area (Å²) in [5.74, 6) is 5.83. The van der Waals surface area contributed by atoms with Crippen LogP contribution in [0.4, 0.5) is 0 Å². The number of rotatable bonds is 2. The maximum absolute atomic E-state index is 10.6. The first-order valence-corrected chi connectivity index (χ1v) is 4.01. The number of hydrogen-bond acceptors (Lipinski definition) is 3. The van der Waals surface area contributed by atoms with Gasteiger partial charge in [0.05, 0.1) is 5.56 Å². The van der Waals surface area contributed by atoms with E-state index >= 15 is 0 Å². The summed E-state index contributed by atoms with van der Waals surface area (Å²) in [6.45, 7) is 0.865. The molecule has 0 radical (unpaired) electrons. The number of aromatic amines is 1. The Morgan fingerprint density at radius 1 is 1.69 bits per heavy atom. The lowest BCUT2D eigenvalue weighted by Crippen LogP contribution is -2.08. The van der Waals surface area contributed by atoms with Gasteiger partial charge in [-0.15, -0.1) is 0 Å². The Balaban J connectivity index is 2.57. The fourth-order valence-corrected chi connectivity index (χ4v) is 0.763. The van der Waals surface area contributed by atoms with Gasteiger partial charge < -0.3 is 10.3 Å². The van der Waals surface area contributed by atoms with Gasteiger partial charge in [0, 0.05) is 25.4 Å². The van der Waals surface area contributed by atoms with Crippen LogP contribution in [-0.4, -0.2) is 23.6 Å². The molecule has 0 saturated carbocycles. The highest BCUT2D eigenvalue weighted by molar-refractivity contribution is 5.28. The summed E-state index contributed by atoms with van der Waals surface area (Å²) in [4.78, 5) is 16.6. The molecule has 0 aliphatic heterocycles. The molecule has 68 valence electrons. The summed E-state index contributed by atoms with van der Waals surface area (Å²) < 4.78 is 0. The van der Waals surface area contributed by atoms with Crippen molar-refractivity contribution >= 4 is 0 Å². The Labute approximate surface area is 76.4 Å². The van der Waals surface area contributed by atoms with Gasteiger partial charge in [-0.25, -0.2) is 9.78 Å². The van der Waals surface area contributed by atoms with Crippen LogP contribution >= 0.6 is 0 Å². The van der Waals surface area contributed by atoms with Gasteiger partial charge in [-0.3, -0.25) is 0 Å². The fraction of sp³-hybridized carbons (Fsp3) is 0.333. The van der Waals surface area contributed by atoms with Crippen LogP contribution in [0.1, 0.15) is 12.0 Å². The lowest BCUT2D eigenvalue weighted by atomic mass is 10.3. The van der Waals surface area contributed by atoms with E-state index in [1.165, 1.54) is 6.20 Å². The van der Waals surface area contributed by atoms with Crippen molar-refractivity contribution in [2.75, 3.05) is 13.6 Å². The number of hydrogen-bond donors (Lipinski definition) is 2. The number of H-pyrrole nitrogens is 1. The first kappa shape index (κ1) is 9.49. The minimum Gasteiger partial charge on any atom is -0.319 e. The molecule has 0 aliphatic carbocycles. The van der Waals surface area contributed by atoms with Crippen molar-refractivity contribution in [1.82, 2.24) is 15.3 Å². The van der Waals surface area contributed by atoms with Crippen LogP contribution in [0, 0.1) is 11.8 Å². The minimum absolute atomic E-state index is 0.347. The summed E-state index contributed by atoms with van der Waals surface area (Å²) in [5.41, 5.74) is 0.386. The average molecular weight is 177 g/mol. The van der Waals surface area contributed by atoms with Crippen LogP contribution in [0.25, 0.3) is 0 Å². The van der Waals surface area contributed by atoms with Crippen molar-refractivity contribution in [3.63, 3.8) is 0 Å². The van der Waals surface area contributed by atoms with Crippen molar-refractivity contribution in [1.29, 1.82) is 0 Å². The van der Waals surface area contributed by atoms with E-state index in [0.717, 1.165) is 18.5 Å². The Morgan fingerprint density at radius 2 is 2.54 bits per heavy atom. The summed E-state index contributed by atoms with van der Waals surface area (Å²) in [6.07, 6.45) is 3.81. The fourth-order valence-electron chi connectivity index (χ4n) is 0.763. The third kappa shape index (κ3) is 3.54. The van der Waals surface area contributed by atoms with E-state index < -0.39 is 0 Å². The summed E-state index contributed by atoms with van der Waals surface area (Å²) in [7, 11) is 1.88. The first-order valence-electron chi connectivity index (χ1n) is 4.01. The van der Waals surface area contributed by atoms with Crippen molar-refractivity contribution < 1.29 is 0 Å². The molecule has 0 aliphatic rings. The van der Waals surface area contributed by atoms with Gasteiger partial charge in [0.2, 0.25) is 0 Å². The highest BCUT2D eigenvalue weighted by Gasteiger charge is 1.85. The lowest BCUT2D eigenvalue weighted by molar-refractivity contribution is 0.818. The van der Waals surface area contributed by atoms with Crippen molar-refractivity contribution in [3.8, 4) is 11.8 Å². The van der Waals surface area contributed by atoms with E-state index in [1.807, 2.05) is 7.05 Å². The SMILES string of the molecule is CNCCC#Cc1cnc(=O)[nH]c1. The number of nitrogens with zero attached hydrogens (tertiary/aromatic N) is 1. The molecule has 0 amide bonds. The number of aromatic nitrogens is 2. The van der Waals surface area contributed by atoms with Gasteiger partial charge in [0.25, 0.3) is 0 Å². The van der Waals surface area contributed by atoms with E-state index in [4.69, 9.17) is 0 Å². The molecule has 1 rings (SSSR count). The molecule has 4 heteroatoms. The van der Waals surface area contributed by atoms with Crippen LogP contribution in [0.3, 0.4) is 0 Å². The molecule has 0 fully saturated rings. The third-order valence-electron chi connectivity index (χ3n) is 1.40. The molecule has 0 saturated heterocycles. The Kier molecular flexibility index (Phi) is 3.74. The predicted octanol–water partition coefficient (Wildman–Crippen LogP) is -0.269. The van der Waals surface area contributed by atoms with Crippen molar-refractivity contribution in [3.05, 3.63) is 28.4 Å². The van der Waals surface area contributed by atoms with Crippen LogP contribution in [-0.2, 0) is 0 Å². The van der Waals surface area contributed by atoms with Gasteiger partial charge in [-0.05, 0) is 7.05 Å². The zero-order valence-corrected chi connectivity index (χ0v) is 7.42. The van der Waals surface area contributed by atoms with Crippen LogP contribution < -0.4 is 11.0 Å². The second kappa shape index (κ2) is 5.12. The molecule has 1 heterocycles. The lowest BCUT2D eigenvalue weighted by Gasteiger charge is -1.88. The van der Waals surface area contributed by atoms with Gasteiger partial charge in [-0.2, -0.15) is 0 Å². The summed E-state index contributed by atoms with van der Waals surface area (Å²) in [5, 5.41) is 2.99. The highest BCUT2D eigenvalue weighted by Crippen LogP contribution is 1.86. The second-order valence-corrected chi connectivity index (χ2v) is 2.46. The molecule has 0 spiro atoms. The molecule has 4 nitrogen and oxygen atoms in total.